The van der Waals surface area contributed by atoms with Crippen molar-refractivity contribution in [2.45, 2.75) is 26.7 Å². The van der Waals surface area contributed by atoms with Gasteiger partial charge in [-0.2, -0.15) is 0 Å². The molecule has 0 spiro atoms. The number of likely N-dealkylation sites (N-methyl/N-ethyl adjacent to an activating group) is 1. The molecule has 0 aliphatic carbocycles. The first-order chi connectivity index (χ1) is 7.74. The van der Waals surface area contributed by atoms with Crippen LogP contribution in [0.25, 0.3) is 0 Å². The fraction of sp³-hybridized carbons (Fsp3) is 1.00. The lowest BCUT2D eigenvalue weighted by Gasteiger charge is -2.33. The molecule has 0 aromatic heterocycles. The second-order valence-electron chi connectivity index (χ2n) is 5.14. The minimum atomic E-state index is 0.832. The van der Waals surface area contributed by atoms with Gasteiger partial charge in [-0.3, -0.25) is 0 Å². The minimum Gasteiger partial charge on any atom is -0.379 e. The molecule has 3 heteroatoms. The summed E-state index contributed by atoms with van der Waals surface area (Å²) in [5.74, 6) is 1.80. The van der Waals surface area contributed by atoms with Crippen LogP contribution in [0.5, 0.6) is 0 Å². The fourth-order valence-corrected chi connectivity index (χ4v) is 2.31. The van der Waals surface area contributed by atoms with E-state index in [1.807, 2.05) is 7.05 Å². The summed E-state index contributed by atoms with van der Waals surface area (Å²) in [5.41, 5.74) is 0. The molecule has 0 amide bonds. The van der Waals surface area contributed by atoms with E-state index in [4.69, 9.17) is 4.74 Å². The lowest BCUT2D eigenvalue weighted by molar-refractivity contribution is 0.0847. The van der Waals surface area contributed by atoms with E-state index in [0.717, 1.165) is 38.1 Å². The average molecular weight is 228 g/mol. The van der Waals surface area contributed by atoms with Crippen molar-refractivity contribution in [1.29, 1.82) is 0 Å². The number of piperidine rings is 1. The SMILES string of the molecule is CNCCOCCN1CCC(C(C)C)CC1. The zero-order valence-electron chi connectivity index (χ0n) is 11.2. The Morgan fingerprint density at radius 1 is 1.25 bits per heavy atom. The maximum Gasteiger partial charge on any atom is 0.0594 e. The van der Waals surface area contributed by atoms with Crippen LogP contribution in [-0.4, -0.2) is 51.3 Å². The lowest BCUT2D eigenvalue weighted by atomic mass is 9.87. The molecule has 0 unspecified atom stereocenters. The molecule has 0 aromatic carbocycles. The third-order valence-electron chi connectivity index (χ3n) is 3.62. The number of rotatable bonds is 7. The molecule has 1 heterocycles. The van der Waals surface area contributed by atoms with E-state index >= 15 is 0 Å². The predicted molar refractivity (Wildman–Crippen MR) is 68.7 cm³/mol. The smallest absolute Gasteiger partial charge is 0.0594 e. The van der Waals surface area contributed by atoms with Crippen LogP contribution in [0.2, 0.25) is 0 Å². The molecule has 3 nitrogen and oxygen atoms in total. The number of likely N-dealkylation sites (tertiary alicyclic amines) is 1. The van der Waals surface area contributed by atoms with Crippen molar-refractivity contribution >= 4 is 0 Å². The van der Waals surface area contributed by atoms with Crippen LogP contribution in [0.15, 0.2) is 0 Å². The van der Waals surface area contributed by atoms with Gasteiger partial charge in [0.1, 0.15) is 0 Å². The summed E-state index contributed by atoms with van der Waals surface area (Å²) in [4.78, 5) is 2.54. The standard InChI is InChI=1S/C13H28N2O/c1-12(2)13-4-7-15(8-5-13)9-11-16-10-6-14-3/h12-14H,4-11H2,1-3H3. The topological polar surface area (TPSA) is 24.5 Å². The average Bonchev–Trinajstić information content (AvgIpc) is 2.29. The van der Waals surface area contributed by atoms with Crippen molar-refractivity contribution in [1.82, 2.24) is 10.2 Å². The van der Waals surface area contributed by atoms with Crippen molar-refractivity contribution in [3.63, 3.8) is 0 Å². The van der Waals surface area contributed by atoms with Crippen molar-refractivity contribution in [2.75, 3.05) is 46.4 Å². The number of ether oxygens (including phenoxy) is 1. The van der Waals surface area contributed by atoms with Crippen LogP contribution in [-0.2, 0) is 4.74 Å². The van der Waals surface area contributed by atoms with E-state index in [1.54, 1.807) is 0 Å². The Bertz CT molecular complexity index is 165. The first kappa shape index (κ1) is 13.9. The molecule has 0 atom stereocenters. The Morgan fingerprint density at radius 3 is 2.50 bits per heavy atom. The quantitative estimate of drug-likeness (QED) is 0.670. The van der Waals surface area contributed by atoms with Crippen LogP contribution in [0.1, 0.15) is 26.7 Å². The molecule has 0 aromatic rings. The van der Waals surface area contributed by atoms with E-state index in [-0.39, 0.29) is 0 Å². The molecule has 1 N–H and O–H groups in total. The molecule has 0 bridgehead atoms. The van der Waals surface area contributed by atoms with Gasteiger partial charge < -0.3 is 15.0 Å². The third-order valence-corrected chi connectivity index (χ3v) is 3.62. The van der Waals surface area contributed by atoms with Gasteiger partial charge in [0.05, 0.1) is 13.2 Å². The zero-order chi connectivity index (χ0) is 11.8. The van der Waals surface area contributed by atoms with Gasteiger partial charge in [0.2, 0.25) is 0 Å². The van der Waals surface area contributed by atoms with Crippen molar-refractivity contribution in [2.24, 2.45) is 11.8 Å². The summed E-state index contributed by atoms with van der Waals surface area (Å²) in [6.07, 6.45) is 2.74. The number of hydrogen-bond donors (Lipinski definition) is 1. The second-order valence-corrected chi connectivity index (χ2v) is 5.14. The van der Waals surface area contributed by atoms with Gasteiger partial charge in [0, 0.05) is 13.1 Å². The Labute approximate surface area is 101 Å². The van der Waals surface area contributed by atoms with Crippen LogP contribution in [0.4, 0.5) is 0 Å². The Kier molecular flexibility index (Phi) is 7.01. The highest BCUT2D eigenvalue weighted by Gasteiger charge is 2.20. The highest BCUT2D eigenvalue weighted by atomic mass is 16.5. The van der Waals surface area contributed by atoms with E-state index in [9.17, 15) is 0 Å². The molecule has 1 aliphatic rings. The summed E-state index contributed by atoms with van der Waals surface area (Å²) < 4.78 is 5.55. The van der Waals surface area contributed by atoms with Crippen LogP contribution < -0.4 is 5.32 Å². The van der Waals surface area contributed by atoms with E-state index in [1.165, 1.54) is 25.9 Å². The zero-order valence-corrected chi connectivity index (χ0v) is 11.2. The van der Waals surface area contributed by atoms with Gasteiger partial charge in [-0.15, -0.1) is 0 Å². The summed E-state index contributed by atoms with van der Waals surface area (Å²) in [5, 5.41) is 3.09. The summed E-state index contributed by atoms with van der Waals surface area (Å²) in [7, 11) is 1.96. The van der Waals surface area contributed by atoms with Crippen molar-refractivity contribution < 1.29 is 4.74 Å². The van der Waals surface area contributed by atoms with Gasteiger partial charge in [-0.25, -0.2) is 0 Å². The van der Waals surface area contributed by atoms with Gasteiger partial charge in [-0.05, 0) is 44.8 Å². The molecule has 1 fully saturated rings. The maximum absolute atomic E-state index is 5.55. The van der Waals surface area contributed by atoms with Gasteiger partial charge in [0.15, 0.2) is 0 Å². The third kappa shape index (κ3) is 5.28. The lowest BCUT2D eigenvalue weighted by Crippen LogP contribution is -2.37. The molecular formula is C13H28N2O. The van der Waals surface area contributed by atoms with Crippen LogP contribution in [0.3, 0.4) is 0 Å². The monoisotopic (exact) mass is 228 g/mol. The predicted octanol–water partition coefficient (Wildman–Crippen LogP) is 1.59. The maximum atomic E-state index is 5.55. The minimum absolute atomic E-state index is 0.832. The highest BCUT2D eigenvalue weighted by molar-refractivity contribution is 4.73. The fourth-order valence-electron chi connectivity index (χ4n) is 2.31. The first-order valence-corrected chi connectivity index (χ1v) is 6.68. The molecule has 1 aliphatic heterocycles. The normalized spacial score (nSPS) is 19.5. The number of hydrogen-bond acceptors (Lipinski definition) is 3. The van der Waals surface area contributed by atoms with E-state index < -0.39 is 0 Å². The number of nitrogens with one attached hydrogen (secondary N) is 1. The summed E-state index contributed by atoms with van der Waals surface area (Å²) in [6, 6.07) is 0. The van der Waals surface area contributed by atoms with E-state index in [0.29, 0.717) is 0 Å². The molecular weight excluding hydrogens is 200 g/mol. The Hall–Kier alpha value is -0.120. The molecule has 0 saturated carbocycles. The summed E-state index contributed by atoms with van der Waals surface area (Å²) in [6.45, 7) is 11.0. The van der Waals surface area contributed by atoms with Crippen molar-refractivity contribution in [3.05, 3.63) is 0 Å². The Morgan fingerprint density at radius 2 is 1.94 bits per heavy atom. The van der Waals surface area contributed by atoms with Crippen LogP contribution in [0, 0.1) is 11.8 Å². The molecule has 96 valence electrons. The molecule has 16 heavy (non-hydrogen) atoms. The number of nitrogens with zero attached hydrogens (tertiary/aromatic N) is 1. The highest BCUT2D eigenvalue weighted by Crippen LogP contribution is 2.23. The van der Waals surface area contributed by atoms with Gasteiger partial charge in [0.25, 0.3) is 0 Å². The molecule has 0 radical (unpaired) electrons. The summed E-state index contributed by atoms with van der Waals surface area (Å²) >= 11 is 0. The van der Waals surface area contributed by atoms with Gasteiger partial charge >= 0.3 is 0 Å². The van der Waals surface area contributed by atoms with Crippen LogP contribution >= 0.6 is 0 Å². The molecule has 1 rings (SSSR count). The van der Waals surface area contributed by atoms with Crippen molar-refractivity contribution in [3.8, 4) is 0 Å². The van der Waals surface area contributed by atoms with Gasteiger partial charge in [-0.1, -0.05) is 13.8 Å². The molecule has 1 saturated heterocycles. The Balaban J connectivity index is 1.99. The largest absolute Gasteiger partial charge is 0.379 e. The second kappa shape index (κ2) is 8.04. The van der Waals surface area contributed by atoms with E-state index in [2.05, 4.69) is 24.1 Å². The first-order valence-electron chi connectivity index (χ1n) is 6.68.